The second kappa shape index (κ2) is 8.79. The molecule has 0 atom stereocenters. The molecule has 0 bridgehead atoms. The average Bonchev–Trinajstić information content (AvgIpc) is 2.53. The third-order valence-corrected chi connectivity index (χ3v) is 3.36. The van der Waals surface area contributed by atoms with Crippen molar-refractivity contribution in [1.82, 2.24) is 0 Å². The van der Waals surface area contributed by atoms with Gasteiger partial charge in [0.1, 0.15) is 12.4 Å². The molecule has 0 aliphatic rings. The molecule has 0 aliphatic heterocycles. The van der Waals surface area contributed by atoms with Crippen molar-refractivity contribution in [3.63, 3.8) is 0 Å². The highest BCUT2D eigenvalue weighted by Gasteiger charge is 2.05. The van der Waals surface area contributed by atoms with Crippen LogP contribution in [0.2, 0.25) is 0 Å². The molecule has 0 fully saturated rings. The molecule has 0 spiro atoms. The van der Waals surface area contributed by atoms with E-state index in [9.17, 15) is 4.79 Å². The molecule has 3 heteroatoms. The van der Waals surface area contributed by atoms with Crippen LogP contribution in [0.5, 0.6) is 5.75 Å². The zero-order valence-corrected chi connectivity index (χ0v) is 13.4. The molecule has 2 aromatic carbocycles. The summed E-state index contributed by atoms with van der Waals surface area (Å²) in [6.45, 7) is 2.59. The SMILES string of the molecule is CCCC=Cc1cc(CC(=O)O)cc(OCc2ccccc2)c1. The first kappa shape index (κ1) is 16.8. The summed E-state index contributed by atoms with van der Waals surface area (Å²) in [5.74, 6) is -0.141. The molecule has 3 nitrogen and oxygen atoms in total. The highest BCUT2D eigenvalue weighted by Crippen LogP contribution is 2.20. The predicted octanol–water partition coefficient (Wildman–Crippen LogP) is 4.71. The van der Waals surface area contributed by atoms with Gasteiger partial charge in [-0.1, -0.05) is 61.9 Å². The van der Waals surface area contributed by atoms with Gasteiger partial charge in [0, 0.05) is 0 Å². The number of hydrogen-bond acceptors (Lipinski definition) is 2. The number of carboxylic acid groups (broad SMARTS) is 1. The molecule has 0 radical (unpaired) electrons. The standard InChI is InChI=1S/C20H22O3/c1-2-3-5-10-17-11-18(14-20(21)22)13-19(12-17)23-15-16-8-6-4-7-9-16/h4-13H,2-3,14-15H2,1H3,(H,21,22). The summed E-state index contributed by atoms with van der Waals surface area (Å²) in [4.78, 5) is 11.0. The number of aliphatic carboxylic acids is 1. The molecule has 23 heavy (non-hydrogen) atoms. The van der Waals surface area contributed by atoms with Gasteiger partial charge in [0.15, 0.2) is 0 Å². The molecule has 2 aromatic rings. The summed E-state index contributed by atoms with van der Waals surface area (Å²) in [6.07, 6.45) is 6.20. The Morgan fingerprint density at radius 1 is 1.13 bits per heavy atom. The molecule has 1 N–H and O–H groups in total. The van der Waals surface area contributed by atoms with Gasteiger partial charge in [0.25, 0.3) is 0 Å². The first-order chi connectivity index (χ1) is 11.2. The second-order valence-electron chi connectivity index (χ2n) is 5.45. The van der Waals surface area contributed by atoms with E-state index in [1.54, 1.807) is 6.07 Å². The van der Waals surface area contributed by atoms with Crippen LogP contribution >= 0.6 is 0 Å². The van der Waals surface area contributed by atoms with E-state index in [1.165, 1.54) is 0 Å². The number of hydrogen-bond donors (Lipinski definition) is 1. The quantitative estimate of drug-likeness (QED) is 0.768. The van der Waals surface area contributed by atoms with Crippen molar-refractivity contribution >= 4 is 12.0 Å². The lowest BCUT2D eigenvalue weighted by molar-refractivity contribution is -0.136. The molecule has 120 valence electrons. The molecule has 0 saturated carbocycles. The average molecular weight is 310 g/mol. The van der Waals surface area contributed by atoms with Crippen LogP contribution in [0.25, 0.3) is 6.08 Å². The Hall–Kier alpha value is -2.55. The van der Waals surface area contributed by atoms with Crippen LogP contribution in [0, 0.1) is 0 Å². The molecule has 0 aliphatic carbocycles. The fourth-order valence-corrected chi connectivity index (χ4v) is 2.27. The van der Waals surface area contributed by atoms with Crippen LogP contribution in [0.1, 0.15) is 36.5 Å². The Bertz CT molecular complexity index is 660. The number of rotatable bonds is 8. The fraction of sp³-hybridized carbons (Fsp3) is 0.250. The monoisotopic (exact) mass is 310 g/mol. The van der Waals surface area contributed by atoms with E-state index in [0.29, 0.717) is 12.4 Å². The van der Waals surface area contributed by atoms with Gasteiger partial charge in [-0.05, 0) is 35.2 Å². The van der Waals surface area contributed by atoms with Crippen LogP contribution < -0.4 is 4.74 Å². The van der Waals surface area contributed by atoms with E-state index < -0.39 is 5.97 Å². The van der Waals surface area contributed by atoms with E-state index in [1.807, 2.05) is 48.5 Å². The highest BCUT2D eigenvalue weighted by atomic mass is 16.5. The van der Waals surface area contributed by atoms with E-state index in [2.05, 4.69) is 13.0 Å². The minimum absolute atomic E-state index is 0.00282. The highest BCUT2D eigenvalue weighted by molar-refractivity contribution is 5.71. The van der Waals surface area contributed by atoms with Crippen molar-refractivity contribution in [3.8, 4) is 5.75 Å². The van der Waals surface area contributed by atoms with Crippen LogP contribution in [-0.4, -0.2) is 11.1 Å². The second-order valence-corrected chi connectivity index (χ2v) is 5.45. The molecule has 0 amide bonds. The van der Waals surface area contributed by atoms with Crippen molar-refractivity contribution in [1.29, 1.82) is 0 Å². The van der Waals surface area contributed by atoms with Gasteiger partial charge >= 0.3 is 5.97 Å². The summed E-state index contributed by atoms with van der Waals surface area (Å²) >= 11 is 0. The number of unbranched alkanes of at least 4 members (excludes halogenated alkanes) is 1. The van der Waals surface area contributed by atoms with Crippen molar-refractivity contribution in [2.75, 3.05) is 0 Å². The van der Waals surface area contributed by atoms with Gasteiger partial charge < -0.3 is 9.84 Å². The number of allylic oxidation sites excluding steroid dienone is 1. The topological polar surface area (TPSA) is 46.5 Å². The van der Waals surface area contributed by atoms with Gasteiger partial charge in [-0.3, -0.25) is 4.79 Å². The zero-order chi connectivity index (χ0) is 16.5. The van der Waals surface area contributed by atoms with Crippen LogP contribution in [0.3, 0.4) is 0 Å². The van der Waals surface area contributed by atoms with E-state index in [0.717, 1.165) is 29.5 Å². The lowest BCUT2D eigenvalue weighted by Crippen LogP contribution is -2.02. The Balaban J connectivity index is 2.15. The molecule has 0 unspecified atom stereocenters. The number of benzene rings is 2. The summed E-state index contributed by atoms with van der Waals surface area (Å²) < 4.78 is 5.83. The normalized spacial score (nSPS) is 10.8. The van der Waals surface area contributed by atoms with Crippen molar-refractivity contribution in [2.45, 2.75) is 32.8 Å². The van der Waals surface area contributed by atoms with Gasteiger partial charge in [0.2, 0.25) is 0 Å². The zero-order valence-electron chi connectivity index (χ0n) is 13.4. The Morgan fingerprint density at radius 2 is 1.91 bits per heavy atom. The van der Waals surface area contributed by atoms with Crippen molar-refractivity contribution in [2.24, 2.45) is 0 Å². The fourth-order valence-electron chi connectivity index (χ4n) is 2.27. The Labute approximate surface area is 137 Å². The Morgan fingerprint density at radius 3 is 2.61 bits per heavy atom. The van der Waals surface area contributed by atoms with Crippen molar-refractivity contribution in [3.05, 3.63) is 71.3 Å². The van der Waals surface area contributed by atoms with Gasteiger partial charge in [0.05, 0.1) is 6.42 Å². The summed E-state index contributed by atoms with van der Waals surface area (Å²) in [5.41, 5.74) is 2.80. The maximum absolute atomic E-state index is 11.0. The minimum Gasteiger partial charge on any atom is -0.489 e. The first-order valence-electron chi connectivity index (χ1n) is 7.86. The minimum atomic E-state index is -0.839. The van der Waals surface area contributed by atoms with Crippen molar-refractivity contribution < 1.29 is 14.6 Å². The summed E-state index contributed by atoms with van der Waals surface area (Å²) in [5, 5.41) is 9.01. The van der Waals surface area contributed by atoms with Crippen LogP contribution in [-0.2, 0) is 17.8 Å². The van der Waals surface area contributed by atoms with E-state index in [-0.39, 0.29) is 6.42 Å². The number of ether oxygens (including phenoxy) is 1. The summed E-state index contributed by atoms with van der Waals surface area (Å²) in [6, 6.07) is 15.6. The molecule has 2 rings (SSSR count). The van der Waals surface area contributed by atoms with Crippen LogP contribution in [0.15, 0.2) is 54.6 Å². The van der Waals surface area contributed by atoms with Gasteiger partial charge in [-0.2, -0.15) is 0 Å². The molecular weight excluding hydrogens is 288 g/mol. The van der Waals surface area contributed by atoms with Gasteiger partial charge in [-0.15, -0.1) is 0 Å². The lowest BCUT2D eigenvalue weighted by atomic mass is 10.1. The largest absolute Gasteiger partial charge is 0.489 e. The smallest absolute Gasteiger partial charge is 0.307 e. The molecule has 0 heterocycles. The first-order valence-corrected chi connectivity index (χ1v) is 7.86. The molecule has 0 aromatic heterocycles. The molecule has 0 saturated heterocycles. The van der Waals surface area contributed by atoms with E-state index in [4.69, 9.17) is 9.84 Å². The van der Waals surface area contributed by atoms with Crippen LogP contribution in [0.4, 0.5) is 0 Å². The Kier molecular flexibility index (Phi) is 6.42. The maximum atomic E-state index is 11.0. The third-order valence-electron chi connectivity index (χ3n) is 3.36. The number of carbonyl (C=O) groups is 1. The predicted molar refractivity (Wildman–Crippen MR) is 92.5 cm³/mol. The maximum Gasteiger partial charge on any atom is 0.307 e. The van der Waals surface area contributed by atoms with Gasteiger partial charge in [-0.25, -0.2) is 0 Å². The van der Waals surface area contributed by atoms with E-state index >= 15 is 0 Å². The number of carboxylic acids is 1. The lowest BCUT2D eigenvalue weighted by Gasteiger charge is -2.09. The summed E-state index contributed by atoms with van der Waals surface area (Å²) in [7, 11) is 0. The third kappa shape index (κ3) is 5.99. The molecular formula is C20H22O3.